The molecule has 1 amide bonds. The first-order chi connectivity index (χ1) is 15.4. The minimum absolute atomic E-state index is 0.192. The summed E-state index contributed by atoms with van der Waals surface area (Å²) in [5.74, 6) is 1.74. The fourth-order valence-corrected chi connectivity index (χ4v) is 5.16. The molecule has 4 rings (SSSR count). The van der Waals surface area contributed by atoms with E-state index in [1.807, 2.05) is 11.6 Å². The molecule has 2 aliphatic rings. The summed E-state index contributed by atoms with van der Waals surface area (Å²) in [5.41, 5.74) is 9.82. The topological polar surface area (TPSA) is 85.4 Å². The van der Waals surface area contributed by atoms with Gasteiger partial charge in [0.05, 0.1) is 19.3 Å². The quantitative estimate of drug-likeness (QED) is 0.686. The second kappa shape index (κ2) is 9.36. The smallest absolute Gasteiger partial charge is 0.260 e. The number of nitrogen functional groups attached to an aromatic ring is 1. The van der Waals surface area contributed by atoms with Crippen LogP contribution in [0.25, 0.3) is 0 Å². The molecule has 2 aromatic rings. The lowest BCUT2D eigenvalue weighted by molar-refractivity contribution is 0.0961. The van der Waals surface area contributed by atoms with Gasteiger partial charge >= 0.3 is 0 Å². The van der Waals surface area contributed by atoms with Gasteiger partial charge < -0.3 is 15.8 Å². The molecule has 0 bridgehead atoms. The zero-order chi connectivity index (χ0) is 22.8. The molecule has 2 heterocycles. The fraction of sp³-hybridized carbons (Fsp3) is 0.520. The maximum atomic E-state index is 12.9. The lowest BCUT2D eigenvalue weighted by atomic mass is 9.95. The number of methoxy groups -OCH3 is 1. The van der Waals surface area contributed by atoms with Gasteiger partial charge in [-0.15, -0.1) is 0 Å². The van der Waals surface area contributed by atoms with Crippen LogP contribution in [-0.2, 0) is 6.54 Å². The number of carbonyl (C=O) groups is 1. The maximum absolute atomic E-state index is 12.9. The van der Waals surface area contributed by atoms with Gasteiger partial charge in [0.25, 0.3) is 5.91 Å². The van der Waals surface area contributed by atoms with Crippen LogP contribution < -0.4 is 15.8 Å². The number of likely N-dealkylation sites (tertiary alicyclic amines) is 1. The number of anilines is 1. The monoisotopic (exact) mass is 437 g/mol. The van der Waals surface area contributed by atoms with Crippen LogP contribution >= 0.6 is 0 Å². The third-order valence-electron chi connectivity index (χ3n) is 7.04. The van der Waals surface area contributed by atoms with E-state index in [4.69, 9.17) is 10.5 Å². The molecule has 2 fully saturated rings. The van der Waals surface area contributed by atoms with Crippen LogP contribution in [-0.4, -0.2) is 40.8 Å². The number of carbonyl (C=O) groups excluding carboxylic acids is 1. The number of ether oxygens (including phenoxy) is 1. The second-order valence-electron chi connectivity index (χ2n) is 9.39. The molecule has 1 saturated carbocycles. The van der Waals surface area contributed by atoms with Crippen LogP contribution in [0.1, 0.15) is 60.1 Å². The van der Waals surface area contributed by atoms with E-state index in [9.17, 15) is 4.79 Å². The molecule has 7 heteroatoms. The number of hydrogen-bond donors (Lipinski definition) is 2. The molecule has 0 unspecified atom stereocenters. The molecule has 1 saturated heterocycles. The van der Waals surface area contributed by atoms with E-state index >= 15 is 0 Å². The summed E-state index contributed by atoms with van der Waals surface area (Å²) < 4.78 is 7.28. The van der Waals surface area contributed by atoms with Crippen molar-refractivity contribution in [1.82, 2.24) is 20.0 Å². The van der Waals surface area contributed by atoms with Crippen molar-refractivity contribution in [2.45, 2.75) is 52.1 Å². The summed E-state index contributed by atoms with van der Waals surface area (Å²) in [6.07, 6.45) is 6.11. The molecule has 1 aliphatic carbocycles. The van der Waals surface area contributed by atoms with E-state index in [0.717, 1.165) is 49.5 Å². The Labute approximate surface area is 190 Å². The summed E-state index contributed by atoms with van der Waals surface area (Å²) in [7, 11) is 1.71. The number of nitrogens with one attached hydrogen (secondary N) is 1. The number of hydrogen-bond acceptors (Lipinski definition) is 5. The van der Waals surface area contributed by atoms with Crippen molar-refractivity contribution in [1.29, 1.82) is 0 Å². The SMILES string of the molecule is C=C(NC(=O)c1cnn(C2CCCC2)c1N)[C@@H]1CN(Cc2ccc(C)c(OC)c2)C[C@H]1C. The predicted molar refractivity (Wildman–Crippen MR) is 126 cm³/mol. The van der Waals surface area contributed by atoms with Crippen LogP contribution in [0, 0.1) is 18.8 Å². The lowest BCUT2D eigenvalue weighted by Crippen LogP contribution is -2.30. The van der Waals surface area contributed by atoms with Crippen molar-refractivity contribution in [3.63, 3.8) is 0 Å². The normalized spacial score (nSPS) is 21.7. The highest BCUT2D eigenvalue weighted by atomic mass is 16.5. The van der Waals surface area contributed by atoms with Gasteiger partial charge in [-0.2, -0.15) is 5.10 Å². The van der Waals surface area contributed by atoms with Gasteiger partial charge in [0.1, 0.15) is 17.1 Å². The molecule has 2 atom stereocenters. The van der Waals surface area contributed by atoms with E-state index in [1.165, 1.54) is 18.4 Å². The molecule has 1 aromatic heterocycles. The average molecular weight is 438 g/mol. The molecule has 1 aromatic carbocycles. The molecule has 0 radical (unpaired) electrons. The summed E-state index contributed by atoms with van der Waals surface area (Å²) in [5, 5.41) is 7.41. The van der Waals surface area contributed by atoms with Gasteiger partial charge in [0.2, 0.25) is 0 Å². The van der Waals surface area contributed by atoms with Crippen LogP contribution in [0.2, 0.25) is 0 Å². The number of rotatable bonds is 7. The standard InChI is InChI=1S/C25H35N5O2/c1-16-9-10-19(11-23(16)32-4)14-29-13-17(2)22(15-29)18(3)28-25(31)21-12-27-30(24(21)26)20-7-5-6-8-20/h9-12,17,20,22H,3,5-8,13-15,26H2,1-2,4H3,(H,28,31)/t17-,22-/m1/s1. The van der Waals surface area contributed by atoms with Crippen molar-refractivity contribution in [2.75, 3.05) is 25.9 Å². The Morgan fingerprint density at radius 1 is 1.31 bits per heavy atom. The second-order valence-corrected chi connectivity index (χ2v) is 9.39. The Bertz CT molecular complexity index is 992. The first-order valence-electron chi connectivity index (χ1n) is 11.6. The fourth-order valence-electron chi connectivity index (χ4n) is 5.16. The molecule has 0 spiro atoms. The van der Waals surface area contributed by atoms with Crippen molar-refractivity contribution in [3.05, 3.63) is 53.4 Å². The van der Waals surface area contributed by atoms with Crippen LogP contribution in [0.4, 0.5) is 5.82 Å². The van der Waals surface area contributed by atoms with Gasteiger partial charge in [-0.3, -0.25) is 9.69 Å². The summed E-state index contributed by atoms with van der Waals surface area (Å²) in [6, 6.07) is 6.66. The Morgan fingerprint density at radius 2 is 2.06 bits per heavy atom. The number of aryl methyl sites for hydroxylation is 1. The zero-order valence-corrected chi connectivity index (χ0v) is 19.4. The first kappa shape index (κ1) is 22.4. The van der Waals surface area contributed by atoms with Crippen molar-refractivity contribution < 1.29 is 9.53 Å². The molecule has 32 heavy (non-hydrogen) atoms. The van der Waals surface area contributed by atoms with Gasteiger partial charge in [-0.1, -0.05) is 38.5 Å². The minimum Gasteiger partial charge on any atom is -0.496 e. The summed E-state index contributed by atoms with van der Waals surface area (Å²) in [6.45, 7) is 11.1. The molecule has 172 valence electrons. The van der Waals surface area contributed by atoms with Crippen LogP contribution in [0.3, 0.4) is 0 Å². The Balaban J connectivity index is 1.37. The van der Waals surface area contributed by atoms with Gasteiger partial charge in [-0.05, 0) is 42.9 Å². The Morgan fingerprint density at radius 3 is 2.78 bits per heavy atom. The van der Waals surface area contributed by atoms with E-state index in [2.05, 4.69) is 47.0 Å². The predicted octanol–water partition coefficient (Wildman–Crippen LogP) is 3.91. The van der Waals surface area contributed by atoms with Crippen molar-refractivity contribution >= 4 is 11.7 Å². The summed E-state index contributed by atoms with van der Waals surface area (Å²) in [4.78, 5) is 15.3. The number of nitrogens with zero attached hydrogens (tertiary/aromatic N) is 3. The lowest BCUT2D eigenvalue weighted by Gasteiger charge is -2.19. The zero-order valence-electron chi connectivity index (χ0n) is 19.4. The van der Waals surface area contributed by atoms with Crippen LogP contribution in [0.5, 0.6) is 5.75 Å². The molecule has 3 N–H and O–H groups in total. The third-order valence-corrected chi connectivity index (χ3v) is 7.04. The molecular formula is C25H35N5O2. The highest BCUT2D eigenvalue weighted by Gasteiger charge is 2.33. The number of nitrogens with two attached hydrogens (primary N) is 1. The number of aromatic nitrogens is 2. The molecular weight excluding hydrogens is 402 g/mol. The number of benzene rings is 1. The average Bonchev–Trinajstić information content (AvgIpc) is 3.49. The largest absolute Gasteiger partial charge is 0.496 e. The highest BCUT2D eigenvalue weighted by Crippen LogP contribution is 2.32. The molecule has 7 nitrogen and oxygen atoms in total. The summed E-state index contributed by atoms with van der Waals surface area (Å²) >= 11 is 0. The van der Waals surface area contributed by atoms with E-state index in [-0.39, 0.29) is 11.8 Å². The van der Waals surface area contributed by atoms with E-state index in [1.54, 1.807) is 13.3 Å². The van der Waals surface area contributed by atoms with Crippen molar-refractivity contribution in [2.24, 2.45) is 11.8 Å². The Hall–Kier alpha value is -2.80. The minimum atomic E-state index is -0.217. The van der Waals surface area contributed by atoms with E-state index in [0.29, 0.717) is 23.3 Å². The van der Waals surface area contributed by atoms with Gasteiger partial charge in [0, 0.05) is 31.2 Å². The first-order valence-corrected chi connectivity index (χ1v) is 11.6. The van der Waals surface area contributed by atoms with E-state index < -0.39 is 0 Å². The van der Waals surface area contributed by atoms with Gasteiger partial charge in [-0.25, -0.2) is 4.68 Å². The number of amides is 1. The third kappa shape index (κ3) is 4.53. The van der Waals surface area contributed by atoms with Gasteiger partial charge in [0.15, 0.2) is 0 Å². The highest BCUT2D eigenvalue weighted by molar-refractivity contribution is 5.99. The van der Waals surface area contributed by atoms with Crippen molar-refractivity contribution in [3.8, 4) is 5.75 Å². The molecule has 1 aliphatic heterocycles. The maximum Gasteiger partial charge on any atom is 0.260 e. The van der Waals surface area contributed by atoms with Crippen LogP contribution in [0.15, 0.2) is 36.7 Å². The Kier molecular flexibility index (Phi) is 6.55.